The van der Waals surface area contributed by atoms with Crippen LogP contribution in [0.1, 0.15) is 77.4 Å². The number of piperidine rings is 1. The summed E-state index contributed by atoms with van der Waals surface area (Å²) in [6.45, 7) is 14.2. The normalized spacial score (nSPS) is 22.2. The van der Waals surface area contributed by atoms with Gasteiger partial charge in [-0.1, -0.05) is 11.6 Å². The molecule has 168 valence electrons. The number of rotatable bonds is 3. The summed E-state index contributed by atoms with van der Waals surface area (Å²) in [5, 5.41) is 13.7. The first kappa shape index (κ1) is 23.3. The minimum atomic E-state index is -0.688. The Morgan fingerprint density at radius 3 is 2.50 bits per heavy atom. The van der Waals surface area contributed by atoms with Crippen molar-refractivity contribution in [2.24, 2.45) is 0 Å². The molecule has 0 aromatic carbocycles. The second-order valence-electron chi connectivity index (χ2n) is 10.00. The lowest BCUT2D eigenvalue weighted by Gasteiger charge is -2.41. The van der Waals surface area contributed by atoms with Gasteiger partial charge in [-0.2, -0.15) is 0 Å². The van der Waals surface area contributed by atoms with Crippen molar-refractivity contribution in [1.29, 1.82) is 0 Å². The summed E-state index contributed by atoms with van der Waals surface area (Å²) in [6, 6.07) is 1.93. The predicted molar refractivity (Wildman–Crippen MR) is 115 cm³/mol. The van der Waals surface area contributed by atoms with Gasteiger partial charge in [0.2, 0.25) is 0 Å². The van der Waals surface area contributed by atoms with Gasteiger partial charge < -0.3 is 19.5 Å². The van der Waals surface area contributed by atoms with Crippen LogP contribution in [0.25, 0.3) is 0 Å². The molecule has 2 N–H and O–H groups in total. The van der Waals surface area contributed by atoms with Crippen LogP contribution < -0.4 is 5.32 Å². The summed E-state index contributed by atoms with van der Waals surface area (Å²) in [5.41, 5.74) is 0.920. The third kappa shape index (κ3) is 4.59. The van der Waals surface area contributed by atoms with Gasteiger partial charge in [0.25, 0.3) is 0 Å². The molecule has 30 heavy (non-hydrogen) atoms. The number of aryl methyl sites for hydroxylation is 1. The number of ether oxygens (including phenoxy) is 2. The molecule has 0 saturated carbocycles. The van der Waals surface area contributed by atoms with E-state index in [4.69, 9.17) is 26.1 Å². The number of carbonyl (C=O) groups is 1. The molecule has 1 amide bonds. The molecular weight excluding hydrogens is 406 g/mol. The SMILES string of the molecule is Cc1nc2c(cc1Cl)[C@@H](C(C)(C)NC(C)O)OC21CCN(C(=O)OC(C)(C)C)CC1. The van der Waals surface area contributed by atoms with Crippen LogP contribution in [-0.4, -0.2) is 51.5 Å². The number of hydrogen-bond acceptors (Lipinski definition) is 6. The van der Waals surface area contributed by atoms with Gasteiger partial charge in [0.1, 0.15) is 23.5 Å². The van der Waals surface area contributed by atoms with Crippen LogP contribution in [0.3, 0.4) is 0 Å². The fourth-order valence-corrected chi connectivity index (χ4v) is 4.55. The maximum atomic E-state index is 12.5. The average Bonchev–Trinajstić information content (AvgIpc) is 2.88. The molecule has 7 nitrogen and oxygen atoms in total. The lowest BCUT2D eigenvalue weighted by molar-refractivity contribution is -0.137. The van der Waals surface area contributed by atoms with Gasteiger partial charge in [-0.3, -0.25) is 10.3 Å². The van der Waals surface area contributed by atoms with Crippen molar-refractivity contribution >= 4 is 17.7 Å². The topological polar surface area (TPSA) is 83.9 Å². The van der Waals surface area contributed by atoms with E-state index in [9.17, 15) is 9.90 Å². The molecule has 3 heterocycles. The van der Waals surface area contributed by atoms with Crippen molar-refractivity contribution in [3.63, 3.8) is 0 Å². The van der Waals surface area contributed by atoms with Crippen molar-refractivity contribution in [2.75, 3.05) is 13.1 Å². The Morgan fingerprint density at radius 2 is 1.97 bits per heavy atom. The lowest BCUT2D eigenvalue weighted by Crippen LogP contribution is -2.51. The van der Waals surface area contributed by atoms with Gasteiger partial charge in [-0.25, -0.2) is 4.79 Å². The van der Waals surface area contributed by atoms with Crippen LogP contribution in [0.15, 0.2) is 6.07 Å². The van der Waals surface area contributed by atoms with Crippen molar-refractivity contribution in [3.05, 3.63) is 28.0 Å². The highest BCUT2D eigenvalue weighted by atomic mass is 35.5. The fraction of sp³-hybridized carbons (Fsp3) is 0.727. The number of likely N-dealkylation sites (tertiary alicyclic amines) is 1. The minimum absolute atomic E-state index is 0.302. The standard InChI is InChI=1S/C22H34ClN3O4/c1-13-16(23)12-15-17(24-13)22(29-18(15)21(6,7)25-14(2)27)8-10-26(11-9-22)19(28)30-20(3,4)5/h12,14,18,25,27H,8-11H2,1-7H3/t14?,18-/m0/s1. The zero-order valence-electron chi connectivity index (χ0n) is 19.0. The van der Waals surface area contributed by atoms with E-state index in [1.807, 2.05) is 47.6 Å². The average molecular weight is 440 g/mol. The summed E-state index contributed by atoms with van der Waals surface area (Å²) in [4.78, 5) is 19.0. The highest BCUT2D eigenvalue weighted by molar-refractivity contribution is 6.31. The largest absolute Gasteiger partial charge is 0.444 e. The van der Waals surface area contributed by atoms with Crippen LogP contribution in [-0.2, 0) is 15.1 Å². The number of halogens is 1. The Balaban J connectivity index is 1.89. The number of pyridine rings is 1. The van der Waals surface area contributed by atoms with Crippen LogP contribution in [0.2, 0.25) is 5.02 Å². The van der Waals surface area contributed by atoms with E-state index >= 15 is 0 Å². The predicted octanol–water partition coefficient (Wildman–Crippen LogP) is 4.05. The van der Waals surface area contributed by atoms with E-state index in [1.54, 1.807) is 11.8 Å². The molecule has 1 unspecified atom stereocenters. The smallest absolute Gasteiger partial charge is 0.410 e. The molecular formula is C22H34ClN3O4. The number of aromatic nitrogens is 1. The van der Waals surface area contributed by atoms with Crippen molar-refractivity contribution in [3.8, 4) is 0 Å². The molecule has 0 bridgehead atoms. The highest BCUT2D eigenvalue weighted by Gasteiger charge is 2.53. The molecule has 1 spiro atoms. The molecule has 0 radical (unpaired) electrons. The first-order valence-corrected chi connectivity index (χ1v) is 10.9. The Hall–Kier alpha value is -1.41. The lowest BCUT2D eigenvalue weighted by atomic mass is 9.85. The molecule has 8 heteroatoms. The zero-order valence-corrected chi connectivity index (χ0v) is 19.8. The van der Waals surface area contributed by atoms with Crippen molar-refractivity contribution in [2.45, 2.75) is 90.4 Å². The molecule has 1 aromatic heterocycles. The fourth-order valence-electron chi connectivity index (χ4n) is 4.39. The third-order valence-electron chi connectivity index (χ3n) is 5.70. The van der Waals surface area contributed by atoms with E-state index in [1.165, 1.54) is 0 Å². The molecule has 1 saturated heterocycles. The molecule has 0 aliphatic carbocycles. The summed E-state index contributed by atoms with van der Waals surface area (Å²) in [7, 11) is 0. The van der Waals surface area contributed by atoms with Crippen molar-refractivity contribution < 1.29 is 19.4 Å². The van der Waals surface area contributed by atoms with Gasteiger partial charge in [0.05, 0.1) is 16.4 Å². The minimum Gasteiger partial charge on any atom is -0.444 e. The van der Waals surface area contributed by atoms with Gasteiger partial charge in [-0.15, -0.1) is 0 Å². The summed E-state index contributed by atoms with van der Waals surface area (Å²) >= 11 is 6.41. The van der Waals surface area contributed by atoms with Gasteiger partial charge >= 0.3 is 6.09 Å². The Labute approximate surface area is 184 Å². The van der Waals surface area contributed by atoms with Gasteiger partial charge in [-0.05, 0) is 67.4 Å². The summed E-state index contributed by atoms with van der Waals surface area (Å²) < 4.78 is 12.2. The van der Waals surface area contributed by atoms with E-state index in [-0.39, 0.29) is 12.2 Å². The molecule has 1 aromatic rings. The molecule has 2 aliphatic rings. The van der Waals surface area contributed by atoms with Gasteiger partial charge in [0.15, 0.2) is 0 Å². The molecule has 1 fully saturated rings. The van der Waals surface area contributed by atoms with E-state index in [2.05, 4.69) is 5.32 Å². The first-order chi connectivity index (χ1) is 13.7. The van der Waals surface area contributed by atoms with E-state index in [0.717, 1.165) is 17.0 Å². The molecule has 3 rings (SSSR count). The summed E-state index contributed by atoms with van der Waals surface area (Å²) in [6.07, 6.45) is -0.0842. The van der Waals surface area contributed by atoms with Crippen LogP contribution in [0.5, 0.6) is 0 Å². The highest BCUT2D eigenvalue weighted by Crippen LogP contribution is 2.52. The second-order valence-corrected chi connectivity index (χ2v) is 10.4. The Kier molecular flexibility index (Phi) is 6.15. The van der Waals surface area contributed by atoms with Gasteiger partial charge in [0, 0.05) is 24.2 Å². The van der Waals surface area contributed by atoms with Crippen LogP contribution in [0, 0.1) is 6.92 Å². The van der Waals surface area contributed by atoms with Crippen molar-refractivity contribution in [1.82, 2.24) is 15.2 Å². The number of amides is 1. The zero-order chi connectivity index (χ0) is 22.5. The monoisotopic (exact) mass is 439 g/mol. The number of fused-ring (bicyclic) bond motifs is 2. The third-order valence-corrected chi connectivity index (χ3v) is 6.08. The van der Waals surface area contributed by atoms with Crippen LogP contribution in [0.4, 0.5) is 4.79 Å². The molecule has 2 atom stereocenters. The quantitative estimate of drug-likeness (QED) is 0.691. The van der Waals surface area contributed by atoms with E-state index in [0.29, 0.717) is 31.0 Å². The number of aliphatic hydroxyl groups excluding tert-OH is 1. The second kappa shape index (κ2) is 7.93. The Bertz CT molecular complexity index is 811. The number of nitrogens with one attached hydrogen (secondary N) is 1. The number of nitrogens with zero attached hydrogens (tertiary/aromatic N) is 2. The Morgan fingerprint density at radius 1 is 1.37 bits per heavy atom. The van der Waals surface area contributed by atoms with Crippen LogP contribution >= 0.6 is 11.6 Å². The number of aliphatic hydroxyl groups is 1. The maximum absolute atomic E-state index is 12.5. The number of carbonyl (C=O) groups excluding carboxylic acids is 1. The first-order valence-electron chi connectivity index (χ1n) is 10.5. The van der Waals surface area contributed by atoms with E-state index < -0.39 is 23.0 Å². The number of hydrogen-bond donors (Lipinski definition) is 2. The molecule has 2 aliphatic heterocycles. The maximum Gasteiger partial charge on any atom is 0.410 e. The summed E-state index contributed by atoms with van der Waals surface area (Å²) in [5.74, 6) is 0.